The van der Waals surface area contributed by atoms with Crippen LogP contribution in [-0.2, 0) is 4.79 Å². The van der Waals surface area contributed by atoms with E-state index in [9.17, 15) is 14.7 Å². The lowest BCUT2D eigenvalue weighted by atomic mass is 9.96. The van der Waals surface area contributed by atoms with Gasteiger partial charge in [0, 0.05) is 13.1 Å². The molecular weight excluding hydrogens is 200 g/mol. The number of likely N-dealkylation sites (tertiary alicyclic amines) is 1. The lowest BCUT2D eigenvalue weighted by Crippen LogP contribution is -2.50. The summed E-state index contributed by atoms with van der Waals surface area (Å²) in [6.07, 6.45) is 0.219. The zero-order valence-electron chi connectivity index (χ0n) is 8.64. The number of hydrogen-bond donors (Lipinski definition) is 3. The molecule has 0 aliphatic carbocycles. The molecule has 0 bridgehead atoms. The maximum Gasteiger partial charge on any atom is 0.323 e. The van der Waals surface area contributed by atoms with Crippen molar-refractivity contribution in [1.29, 1.82) is 0 Å². The Hall–Kier alpha value is -1.30. The van der Waals surface area contributed by atoms with Crippen LogP contribution in [0.2, 0.25) is 0 Å². The van der Waals surface area contributed by atoms with Crippen LogP contribution >= 0.6 is 0 Å². The Morgan fingerprint density at radius 3 is 2.73 bits per heavy atom. The molecule has 15 heavy (non-hydrogen) atoms. The number of carboxylic acids is 1. The maximum atomic E-state index is 11.4. The van der Waals surface area contributed by atoms with E-state index < -0.39 is 18.1 Å². The summed E-state index contributed by atoms with van der Waals surface area (Å²) in [4.78, 5) is 23.1. The van der Waals surface area contributed by atoms with Crippen LogP contribution < -0.4 is 5.32 Å². The number of nitrogens with zero attached hydrogens (tertiary/aromatic N) is 1. The van der Waals surface area contributed by atoms with Gasteiger partial charge >= 0.3 is 12.0 Å². The Bertz CT molecular complexity index is 256. The van der Waals surface area contributed by atoms with Crippen molar-refractivity contribution in [1.82, 2.24) is 10.2 Å². The van der Waals surface area contributed by atoms with E-state index in [1.54, 1.807) is 0 Å². The van der Waals surface area contributed by atoms with Crippen LogP contribution in [0, 0.1) is 5.92 Å². The Morgan fingerprint density at radius 2 is 2.20 bits per heavy atom. The Kier molecular flexibility index (Phi) is 3.90. The van der Waals surface area contributed by atoms with Gasteiger partial charge in [0.25, 0.3) is 0 Å². The molecule has 0 aromatic rings. The Balaban J connectivity index is 2.37. The van der Waals surface area contributed by atoms with Gasteiger partial charge in [-0.25, -0.2) is 4.79 Å². The van der Waals surface area contributed by atoms with E-state index in [0.29, 0.717) is 6.54 Å². The second-order valence-corrected chi connectivity index (χ2v) is 3.83. The smallest absolute Gasteiger partial charge is 0.323 e. The van der Waals surface area contributed by atoms with Gasteiger partial charge in [-0.3, -0.25) is 4.79 Å². The van der Waals surface area contributed by atoms with Crippen LogP contribution in [0.4, 0.5) is 4.79 Å². The van der Waals surface area contributed by atoms with Crippen LogP contribution in [0.3, 0.4) is 0 Å². The van der Waals surface area contributed by atoms with Crippen molar-refractivity contribution in [3.63, 3.8) is 0 Å². The standard InChI is InChI=1S/C9H16N2O4/c1-6-2-3-11(5-7(6)12)9(15)10-4-8(13)14/h6-7,12H,2-5H2,1H3,(H,10,15)(H,13,14). The number of aliphatic hydroxyl groups excluding tert-OH is 1. The largest absolute Gasteiger partial charge is 0.480 e. The maximum absolute atomic E-state index is 11.4. The average molecular weight is 216 g/mol. The average Bonchev–Trinajstić information content (AvgIpc) is 2.18. The lowest BCUT2D eigenvalue weighted by molar-refractivity contribution is -0.135. The SMILES string of the molecule is CC1CCN(C(=O)NCC(=O)O)CC1O. The summed E-state index contributed by atoms with van der Waals surface area (Å²) in [6, 6.07) is -0.427. The van der Waals surface area contributed by atoms with Crippen LogP contribution in [0.15, 0.2) is 0 Å². The molecular formula is C9H16N2O4. The van der Waals surface area contributed by atoms with E-state index in [0.717, 1.165) is 6.42 Å². The van der Waals surface area contributed by atoms with Crippen LogP contribution in [0.25, 0.3) is 0 Å². The fourth-order valence-electron chi connectivity index (χ4n) is 1.50. The van der Waals surface area contributed by atoms with E-state index in [4.69, 9.17) is 5.11 Å². The first-order valence-electron chi connectivity index (χ1n) is 4.93. The molecule has 0 aromatic carbocycles. The second-order valence-electron chi connectivity index (χ2n) is 3.83. The number of rotatable bonds is 2. The van der Waals surface area contributed by atoms with Crippen molar-refractivity contribution in [2.24, 2.45) is 5.92 Å². The molecule has 1 fully saturated rings. The number of nitrogens with one attached hydrogen (secondary N) is 1. The highest BCUT2D eigenvalue weighted by Gasteiger charge is 2.27. The van der Waals surface area contributed by atoms with Crippen molar-refractivity contribution in [2.75, 3.05) is 19.6 Å². The molecule has 1 aliphatic heterocycles. The van der Waals surface area contributed by atoms with E-state index in [1.807, 2.05) is 6.92 Å². The molecule has 2 unspecified atom stereocenters. The predicted octanol–water partition coefficient (Wildman–Crippen LogP) is -0.517. The van der Waals surface area contributed by atoms with Gasteiger partial charge in [-0.15, -0.1) is 0 Å². The molecule has 1 aliphatic rings. The molecule has 1 saturated heterocycles. The third kappa shape index (κ3) is 3.39. The molecule has 86 valence electrons. The lowest BCUT2D eigenvalue weighted by Gasteiger charge is -2.34. The van der Waals surface area contributed by atoms with Crippen LogP contribution in [-0.4, -0.2) is 52.9 Å². The number of urea groups is 1. The molecule has 6 nitrogen and oxygen atoms in total. The molecule has 1 heterocycles. The molecule has 6 heteroatoms. The topological polar surface area (TPSA) is 89.9 Å². The third-order valence-electron chi connectivity index (χ3n) is 2.60. The van der Waals surface area contributed by atoms with E-state index in [1.165, 1.54) is 4.90 Å². The number of β-amino-alcohol motifs (C(OH)–C–C–N with tert-alkyl or cyclic N) is 1. The first-order valence-corrected chi connectivity index (χ1v) is 4.93. The minimum Gasteiger partial charge on any atom is -0.480 e. The third-order valence-corrected chi connectivity index (χ3v) is 2.60. The number of hydrogen-bond acceptors (Lipinski definition) is 3. The summed E-state index contributed by atoms with van der Waals surface area (Å²) in [5.41, 5.74) is 0. The quantitative estimate of drug-likeness (QED) is 0.579. The van der Waals surface area contributed by atoms with Crippen LogP contribution in [0.1, 0.15) is 13.3 Å². The monoisotopic (exact) mass is 216 g/mol. The summed E-state index contributed by atoms with van der Waals surface area (Å²) in [5, 5.41) is 20.2. The zero-order valence-corrected chi connectivity index (χ0v) is 8.64. The first-order chi connectivity index (χ1) is 7.00. The fraction of sp³-hybridized carbons (Fsp3) is 0.778. The van der Waals surface area contributed by atoms with E-state index >= 15 is 0 Å². The number of carbonyl (C=O) groups excluding carboxylic acids is 1. The normalized spacial score (nSPS) is 26.1. The highest BCUT2D eigenvalue weighted by atomic mass is 16.4. The van der Waals surface area contributed by atoms with Gasteiger partial charge in [0.2, 0.25) is 0 Å². The summed E-state index contributed by atoms with van der Waals surface area (Å²) in [7, 11) is 0. The molecule has 3 N–H and O–H groups in total. The van der Waals surface area contributed by atoms with Gasteiger partial charge in [-0.1, -0.05) is 6.92 Å². The number of piperidine rings is 1. The molecule has 0 radical (unpaired) electrons. The molecule has 0 spiro atoms. The van der Waals surface area contributed by atoms with Crippen molar-refractivity contribution < 1.29 is 19.8 Å². The van der Waals surface area contributed by atoms with Crippen molar-refractivity contribution >= 4 is 12.0 Å². The van der Waals surface area contributed by atoms with Gasteiger partial charge in [0.15, 0.2) is 0 Å². The van der Waals surface area contributed by atoms with Gasteiger partial charge in [-0.2, -0.15) is 0 Å². The molecule has 2 amide bonds. The minimum absolute atomic E-state index is 0.188. The predicted molar refractivity (Wildman–Crippen MR) is 52.4 cm³/mol. The molecule has 0 aromatic heterocycles. The van der Waals surface area contributed by atoms with Gasteiger partial charge in [0.1, 0.15) is 6.54 Å². The number of amides is 2. The fourth-order valence-corrected chi connectivity index (χ4v) is 1.50. The van der Waals surface area contributed by atoms with Gasteiger partial charge < -0.3 is 20.4 Å². The highest BCUT2D eigenvalue weighted by molar-refractivity contribution is 5.80. The first kappa shape index (κ1) is 11.8. The molecule has 2 atom stereocenters. The highest BCUT2D eigenvalue weighted by Crippen LogP contribution is 2.16. The number of aliphatic hydroxyl groups is 1. The molecule has 1 rings (SSSR count). The van der Waals surface area contributed by atoms with Crippen molar-refractivity contribution in [3.8, 4) is 0 Å². The molecule has 0 saturated carbocycles. The zero-order chi connectivity index (χ0) is 11.4. The van der Waals surface area contributed by atoms with Gasteiger partial charge in [0.05, 0.1) is 6.10 Å². The number of carbonyl (C=O) groups is 2. The summed E-state index contributed by atoms with van der Waals surface area (Å²) in [6.45, 7) is 2.37. The second kappa shape index (κ2) is 4.97. The Labute approximate surface area is 87.9 Å². The number of aliphatic carboxylic acids is 1. The van der Waals surface area contributed by atoms with Crippen molar-refractivity contribution in [3.05, 3.63) is 0 Å². The Morgan fingerprint density at radius 1 is 1.53 bits per heavy atom. The summed E-state index contributed by atoms with van der Waals surface area (Å²) in [5.74, 6) is -0.886. The van der Waals surface area contributed by atoms with E-state index in [-0.39, 0.29) is 19.0 Å². The summed E-state index contributed by atoms with van der Waals surface area (Å²) < 4.78 is 0. The van der Waals surface area contributed by atoms with Gasteiger partial charge in [-0.05, 0) is 12.3 Å². The van der Waals surface area contributed by atoms with Crippen LogP contribution in [0.5, 0.6) is 0 Å². The minimum atomic E-state index is -1.07. The van der Waals surface area contributed by atoms with E-state index in [2.05, 4.69) is 5.32 Å². The summed E-state index contributed by atoms with van der Waals surface area (Å²) >= 11 is 0. The van der Waals surface area contributed by atoms with Crippen molar-refractivity contribution in [2.45, 2.75) is 19.4 Å². The number of carboxylic acid groups (broad SMARTS) is 1.